The largest absolute Gasteiger partial charge is 0.462 e. The number of hydrogen-bond donors (Lipinski definition) is 2. The molecule has 0 saturated carbocycles. The van der Waals surface area contributed by atoms with Crippen LogP contribution in [0.5, 0.6) is 0 Å². The Morgan fingerprint density at radius 3 is 2.32 bits per heavy atom. The molecule has 9 heteroatoms. The molecule has 5 atom stereocenters. The highest BCUT2D eigenvalue weighted by Gasteiger charge is 2.59. The van der Waals surface area contributed by atoms with E-state index < -0.39 is 11.4 Å². The molecule has 2 saturated heterocycles. The molecule has 5 aliphatic heterocycles. The van der Waals surface area contributed by atoms with E-state index in [-0.39, 0.29) is 30.2 Å². The van der Waals surface area contributed by atoms with Crippen molar-refractivity contribution in [1.29, 1.82) is 0 Å². The van der Waals surface area contributed by atoms with Crippen molar-refractivity contribution in [2.24, 2.45) is 0 Å². The van der Waals surface area contributed by atoms with Crippen LogP contribution in [-0.4, -0.2) is 65.4 Å². The summed E-state index contributed by atoms with van der Waals surface area (Å²) in [7, 11) is 0. The van der Waals surface area contributed by atoms with E-state index in [2.05, 4.69) is 47.8 Å². The smallest absolute Gasteiger partial charge is 0.355 e. The Bertz CT molecular complexity index is 1240. The lowest BCUT2D eigenvalue weighted by atomic mass is 9.88. The Balaban J connectivity index is 1.02. The van der Waals surface area contributed by atoms with Gasteiger partial charge in [0.2, 0.25) is 5.72 Å². The van der Waals surface area contributed by atoms with Crippen molar-refractivity contribution < 1.29 is 33.1 Å². The van der Waals surface area contributed by atoms with Crippen LogP contribution in [-0.2, 0) is 28.5 Å². The van der Waals surface area contributed by atoms with Gasteiger partial charge in [-0.2, -0.15) is 0 Å². The molecule has 280 valence electrons. The van der Waals surface area contributed by atoms with Gasteiger partial charge in [-0.05, 0) is 51.9 Å². The standard InChI is InChI=1S/C41H65N3O6/c1-4-29-47-36(45)24-17-15-13-11-9-7-6-8-10-12-14-16-20-30-48-38(46)37-35-26-25-33-31-40(27-19-18-23-34(5-2)50-40)42-39(44(33)35)43-41(37)28-21-22-32(3)49-41/h4,18,23,32-34H,1,5-17,19-22,24-31H2,2-3H3,(H,42,43)/p+1/t32-,33+,34+,40+,41-/m1/s1. The second-order valence-electron chi connectivity index (χ2n) is 15.3. The molecule has 0 aliphatic carbocycles. The Kier molecular flexibility index (Phi) is 14.9. The Morgan fingerprint density at radius 2 is 1.64 bits per heavy atom. The first-order valence-corrected chi connectivity index (χ1v) is 20.3. The molecule has 5 rings (SSSR count). The first kappa shape index (κ1) is 38.6. The minimum absolute atomic E-state index is 0.0563. The fourth-order valence-corrected chi connectivity index (χ4v) is 8.66. The quantitative estimate of drug-likeness (QED) is 0.0569. The molecule has 2 fully saturated rings. The van der Waals surface area contributed by atoms with Gasteiger partial charge in [0.05, 0.1) is 30.6 Å². The lowest BCUT2D eigenvalue weighted by molar-refractivity contribution is -0.525. The van der Waals surface area contributed by atoms with Crippen molar-refractivity contribution in [3.63, 3.8) is 0 Å². The number of rotatable bonds is 20. The van der Waals surface area contributed by atoms with Crippen LogP contribution in [0.25, 0.3) is 0 Å². The summed E-state index contributed by atoms with van der Waals surface area (Å²) >= 11 is 0. The van der Waals surface area contributed by atoms with E-state index in [1.807, 2.05) is 0 Å². The van der Waals surface area contributed by atoms with Gasteiger partial charge in [-0.15, -0.1) is 0 Å². The zero-order chi connectivity index (χ0) is 35.2. The highest BCUT2D eigenvalue weighted by Crippen LogP contribution is 2.45. The average molecular weight is 697 g/mol. The predicted molar refractivity (Wildman–Crippen MR) is 196 cm³/mol. The van der Waals surface area contributed by atoms with Gasteiger partial charge in [0.25, 0.3) is 0 Å². The molecule has 0 radical (unpaired) electrons. The van der Waals surface area contributed by atoms with Crippen LogP contribution >= 0.6 is 0 Å². The first-order chi connectivity index (χ1) is 24.4. The molecule has 2 spiro atoms. The number of guanidine groups is 1. The SMILES string of the molecule is C=CCOC(=O)CCCCCCCCCCCCCCCOC(=O)C1=C2CC[C@H]3C[C@@]4(CCC=C[C@H](CC)O4)NC(=[N+]23)N[C@@]12CCC[C@@H](C)O2. The normalized spacial score (nSPS) is 28.6. The van der Waals surface area contributed by atoms with Gasteiger partial charge in [0, 0.05) is 32.1 Å². The molecular weight excluding hydrogens is 630 g/mol. The molecule has 5 heterocycles. The number of nitrogens with zero attached hydrogens (tertiary/aromatic N) is 1. The minimum Gasteiger partial charge on any atom is -0.462 e. The van der Waals surface area contributed by atoms with Crippen molar-refractivity contribution in [1.82, 2.24) is 10.6 Å². The van der Waals surface area contributed by atoms with E-state index in [4.69, 9.17) is 18.9 Å². The van der Waals surface area contributed by atoms with E-state index in [1.165, 1.54) is 57.8 Å². The number of allylic oxidation sites excluding steroid dienone is 2. The van der Waals surface area contributed by atoms with Crippen LogP contribution in [0.1, 0.15) is 162 Å². The summed E-state index contributed by atoms with van der Waals surface area (Å²) in [5.74, 6) is 0.611. The van der Waals surface area contributed by atoms with Gasteiger partial charge in [0.1, 0.15) is 12.2 Å². The molecule has 5 aliphatic rings. The summed E-state index contributed by atoms with van der Waals surface area (Å²) in [5, 5.41) is 7.57. The van der Waals surface area contributed by atoms with E-state index in [9.17, 15) is 9.59 Å². The van der Waals surface area contributed by atoms with E-state index in [1.54, 1.807) is 6.08 Å². The van der Waals surface area contributed by atoms with Crippen molar-refractivity contribution in [2.75, 3.05) is 13.2 Å². The zero-order valence-corrected chi connectivity index (χ0v) is 31.2. The predicted octanol–water partition coefficient (Wildman–Crippen LogP) is 8.23. The summed E-state index contributed by atoms with van der Waals surface area (Å²) in [6.45, 7) is 8.63. The third-order valence-electron chi connectivity index (χ3n) is 11.2. The second-order valence-corrected chi connectivity index (χ2v) is 15.3. The van der Waals surface area contributed by atoms with E-state index >= 15 is 0 Å². The molecule has 0 unspecified atom stereocenters. The Morgan fingerprint density at radius 1 is 0.940 bits per heavy atom. The number of esters is 2. The second kappa shape index (κ2) is 19.3. The molecule has 2 N–H and O–H groups in total. The number of ether oxygens (including phenoxy) is 4. The third kappa shape index (κ3) is 10.2. The third-order valence-corrected chi connectivity index (χ3v) is 11.2. The number of carbonyl (C=O) groups is 2. The first-order valence-electron chi connectivity index (χ1n) is 20.3. The van der Waals surface area contributed by atoms with Gasteiger partial charge in [-0.25, -0.2) is 20.0 Å². The van der Waals surface area contributed by atoms with Crippen molar-refractivity contribution >= 4 is 17.9 Å². The van der Waals surface area contributed by atoms with Crippen LogP contribution < -0.4 is 10.6 Å². The summed E-state index contributed by atoms with van der Waals surface area (Å²) in [4.78, 5) is 25.4. The molecular formula is C41H66N3O6+. The molecule has 0 bridgehead atoms. The number of nitrogens with one attached hydrogen (secondary N) is 2. The van der Waals surface area contributed by atoms with Crippen LogP contribution in [0.4, 0.5) is 0 Å². The summed E-state index contributed by atoms with van der Waals surface area (Å²) in [5.41, 5.74) is 0.483. The highest BCUT2D eigenvalue weighted by molar-refractivity contribution is 5.94. The maximum absolute atomic E-state index is 13.9. The highest BCUT2D eigenvalue weighted by atomic mass is 16.6. The van der Waals surface area contributed by atoms with Crippen molar-refractivity contribution in [2.45, 2.75) is 191 Å². The van der Waals surface area contributed by atoms with Crippen LogP contribution in [0.15, 0.2) is 36.1 Å². The van der Waals surface area contributed by atoms with Crippen LogP contribution in [0, 0.1) is 0 Å². The van der Waals surface area contributed by atoms with Gasteiger partial charge < -0.3 is 18.9 Å². The molecule has 0 aromatic carbocycles. The summed E-state index contributed by atoms with van der Waals surface area (Å²) < 4.78 is 26.9. The van der Waals surface area contributed by atoms with Gasteiger partial charge >= 0.3 is 17.9 Å². The maximum Gasteiger partial charge on any atom is 0.355 e. The average Bonchev–Trinajstić information content (AvgIpc) is 3.40. The van der Waals surface area contributed by atoms with Gasteiger partial charge in [-0.3, -0.25) is 4.79 Å². The fourth-order valence-electron chi connectivity index (χ4n) is 8.66. The molecule has 50 heavy (non-hydrogen) atoms. The van der Waals surface area contributed by atoms with E-state index in [0.29, 0.717) is 25.2 Å². The van der Waals surface area contributed by atoms with E-state index in [0.717, 1.165) is 95.1 Å². The molecule has 0 aromatic rings. The summed E-state index contributed by atoms with van der Waals surface area (Å²) in [6, 6.07) is 0.280. The van der Waals surface area contributed by atoms with Crippen LogP contribution in [0.3, 0.4) is 0 Å². The minimum atomic E-state index is -0.871. The Labute approximate surface area is 301 Å². The molecule has 0 aromatic heterocycles. The maximum atomic E-state index is 13.9. The number of hydrogen-bond acceptors (Lipinski definition) is 8. The van der Waals surface area contributed by atoms with Crippen LogP contribution in [0.2, 0.25) is 0 Å². The zero-order valence-electron chi connectivity index (χ0n) is 31.2. The van der Waals surface area contributed by atoms with Gasteiger partial charge in [0.15, 0.2) is 5.72 Å². The Hall–Kier alpha value is -2.65. The lowest BCUT2D eigenvalue weighted by Crippen LogP contribution is -2.71. The number of unbranched alkanes of at least 4 members (excludes halogenated alkanes) is 12. The van der Waals surface area contributed by atoms with Gasteiger partial charge in [-0.1, -0.05) is 102 Å². The fraction of sp³-hybridized carbons (Fsp3) is 0.780. The molecule has 9 nitrogen and oxygen atoms in total. The number of carbonyl (C=O) groups excluding carboxylic acids is 2. The molecule has 0 amide bonds. The summed E-state index contributed by atoms with van der Waals surface area (Å²) in [6.07, 6.45) is 30.4. The monoisotopic (exact) mass is 696 g/mol. The topological polar surface area (TPSA) is 98.1 Å². The lowest BCUT2D eigenvalue weighted by Gasteiger charge is -2.46. The van der Waals surface area contributed by atoms with Crippen molar-refractivity contribution in [3.05, 3.63) is 36.1 Å². The van der Waals surface area contributed by atoms with Crippen molar-refractivity contribution in [3.8, 4) is 0 Å².